The SMILES string of the molecule is COC(=O)c1cc2cc(NCc3ccc(C)c(NC(=O)c4ccc(CN5CCN(C)CC5)c(C(F)(F)F)c4)c3)cnc2[nH]1. The van der Waals surface area contributed by atoms with Crippen LogP contribution in [0.15, 0.2) is 54.7 Å². The van der Waals surface area contributed by atoms with Crippen molar-refractivity contribution in [2.75, 3.05) is 51.0 Å². The fourth-order valence-electron chi connectivity index (χ4n) is 5.01. The predicted octanol–water partition coefficient (Wildman–Crippen LogP) is 5.29. The maximum atomic E-state index is 14.0. The number of ether oxygens (including phenoxy) is 1. The van der Waals surface area contributed by atoms with Gasteiger partial charge in [-0.2, -0.15) is 13.2 Å². The minimum atomic E-state index is -4.58. The molecule has 3 N–H and O–H groups in total. The molecule has 226 valence electrons. The fraction of sp³-hybridized carbons (Fsp3) is 0.323. The number of carbonyl (C=O) groups is 2. The molecule has 0 bridgehead atoms. The monoisotopic (exact) mass is 594 g/mol. The Labute approximate surface area is 247 Å². The quantitative estimate of drug-likeness (QED) is 0.238. The van der Waals surface area contributed by atoms with Gasteiger partial charge in [0, 0.05) is 55.9 Å². The molecule has 1 fully saturated rings. The molecule has 0 unspecified atom stereocenters. The van der Waals surface area contributed by atoms with Crippen LogP contribution < -0.4 is 10.6 Å². The molecule has 2 aromatic heterocycles. The van der Waals surface area contributed by atoms with E-state index in [1.807, 2.05) is 37.1 Å². The lowest BCUT2D eigenvalue weighted by Crippen LogP contribution is -2.44. The number of pyridine rings is 1. The Bertz CT molecular complexity index is 1640. The highest BCUT2D eigenvalue weighted by molar-refractivity contribution is 6.05. The summed E-state index contributed by atoms with van der Waals surface area (Å²) in [6, 6.07) is 12.8. The van der Waals surface area contributed by atoms with Crippen LogP contribution in [0.25, 0.3) is 11.0 Å². The zero-order chi connectivity index (χ0) is 30.7. The number of carbonyl (C=O) groups excluding carboxylic acids is 2. The average molecular weight is 595 g/mol. The first-order valence-electron chi connectivity index (χ1n) is 13.8. The van der Waals surface area contributed by atoms with Gasteiger partial charge in [-0.25, -0.2) is 9.78 Å². The number of nitrogens with one attached hydrogen (secondary N) is 3. The van der Waals surface area contributed by atoms with Crippen molar-refractivity contribution in [3.05, 3.63) is 88.2 Å². The Hall–Kier alpha value is -4.42. The number of alkyl halides is 3. The van der Waals surface area contributed by atoms with Gasteiger partial charge in [-0.15, -0.1) is 0 Å². The Kier molecular flexibility index (Phi) is 8.69. The number of esters is 1. The number of H-pyrrole nitrogens is 1. The van der Waals surface area contributed by atoms with Gasteiger partial charge in [0.15, 0.2) is 0 Å². The van der Waals surface area contributed by atoms with E-state index < -0.39 is 23.6 Å². The molecule has 9 nitrogen and oxygen atoms in total. The maximum absolute atomic E-state index is 14.0. The topological polar surface area (TPSA) is 103 Å². The molecular weight excluding hydrogens is 561 g/mol. The highest BCUT2D eigenvalue weighted by atomic mass is 19.4. The largest absolute Gasteiger partial charge is 0.464 e. The number of fused-ring (bicyclic) bond motifs is 1. The van der Waals surface area contributed by atoms with Gasteiger partial charge in [0.1, 0.15) is 11.3 Å². The summed E-state index contributed by atoms with van der Waals surface area (Å²) in [5.41, 5.74) is 2.98. The molecule has 5 rings (SSSR count). The van der Waals surface area contributed by atoms with E-state index in [-0.39, 0.29) is 17.7 Å². The zero-order valence-corrected chi connectivity index (χ0v) is 24.1. The minimum absolute atomic E-state index is 0.0606. The zero-order valence-electron chi connectivity index (χ0n) is 24.1. The van der Waals surface area contributed by atoms with Gasteiger partial charge in [-0.3, -0.25) is 9.69 Å². The van der Waals surface area contributed by atoms with E-state index in [0.29, 0.717) is 42.4 Å². The molecule has 3 heterocycles. The second-order valence-electron chi connectivity index (χ2n) is 10.7. The van der Waals surface area contributed by atoms with E-state index in [4.69, 9.17) is 4.74 Å². The van der Waals surface area contributed by atoms with Crippen LogP contribution in [0.3, 0.4) is 0 Å². The number of aryl methyl sites for hydroxylation is 1. The van der Waals surface area contributed by atoms with Crippen LogP contribution in [0.1, 0.15) is 43.1 Å². The number of piperazine rings is 1. The summed E-state index contributed by atoms with van der Waals surface area (Å²) in [6.07, 6.45) is -2.96. The molecule has 0 spiro atoms. The van der Waals surface area contributed by atoms with Gasteiger partial charge in [0.2, 0.25) is 0 Å². The number of aromatic amines is 1. The average Bonchev–Trinajstić information content (AvgIpc) is 3.41. The van der Waals surface area contributed by atoms with Crippen LogP contribution in [-0.2, 0) is 24.0 Å². The Morgan fingerprint density at radius 1 is 1.05 bits per heavy atom. The number of hydrogen-bond donors (Lipinski definition) is 3. The summed E-state index contributed by atoms with van der Waals surface area (Å²) >= 11 is 0. The number of benzene rings is 2. The molecule has 4 aromatic rings. The smallest absolute Gasteiger partial charge is 0.416 e. The fourth-order valence-corrected chi connectivity index (χ4v) is 5.01. The number of hydrogen-bond acceptors (Lipinski definition) is 7. The summed E-state index contributed by atoms with van der Waals surface area (Å²) in [5, 5.41) is 6.78. The number of rotatable bonds is 8. The molecular formula is C31H33F3N6O3. The standard InChI is InChI=1S/C31H33F3N6O3/c1-19-4-5-20(16-35-24-13-23-15-27(30(42)43-3)37-28(23)36-17-24)12-26(19)38-29(41)21-6-7-22(25(14-21)31(32,33)34)18-40-10-8-39(2)9-11-40/h4-7,12-15,17,35H,8-11,16,18H2,1-3H3,(H,36,37)(H,38,41). The van der Waals surface area contributed by atoms with Gasteiger partial charge in [-0.05, 0) is 61.0 Å². The maximum Gasteiger partial charge on any atom is 0.416 e. The second kappa shape index (κ2) is 12.4. The number of methoxy groups -OCH3 is 1. The van der Waals surface area contributed by atoms with Crippen molar-refractivity contribution in [2.45, 2.75) is 26.2 Å². The van der Waals surface area contributed by atoms with Crippen LogP contribution in [0, 0.1) is 6.92 Å². The number of likely N-dealkylation sites (N-methyl/N-ethyl adjacent to an activating group) is 1. The van der Waals surface area contributed by atoms with Crippen LogP contribution in [0.5, 0.6) is 0 Å². The third-order valence-electron chi connectivity index (χ3n) is 7.59. The summed E-state index contributed by atoms with van der Waals surface area (Å²) in [4.78, 5) is 36.3. The first kappa shape index (κ1) is 30.1. The summed E-state index contributed by atoms with van der Waals surface area (Å²) in [6.45, 7) is 5.36. The molecule has 0 atom stereocenters. The molecule has 1 saturated heterocycles. The molecule has 1 amide bonds. The van der Waals surface area contributed by atoms with Gasteiger partial charge >= 0.3 is 12.1 Å². The highest BCUT2D eigenvalue weighted by Gasteiger charge is 2.34. The van der Waals surface area contributed by atoms with Gasteiger partial charge in [-0.1, -0.05) is 18.2 Å². The number of amides is 1. The molecule has 2 aromatic carbocycles. The van der Waals surface area contributed by atoms with Gasteiger partial charge in [0.05, 0.1) is 24.6 Å². The van der Waals surface area contributed by atoms with Crippen molar-refractivity contribution >= 4 is 34.3 Å². The van der Waals surface area contributed by atoms with E-state index in [1.54, 1.807) is 18.3 Å². The van der Waals surface area contributed by atoms with Crippen molar-refractivity contribution in [1.82, 2.24) is 19.8 Å². The lowest BCUT2D eigenvalue weighted by Gasteiger charge is -2.33. The summed E-state index contributed by atoms with van der Waals surface area (Å²) in [7, 11) is 3.30. The van der Waals surface area contributed by atoms with Crippen LogP contribution in [0.4, 0.5) is 24.5 Å². The van der Waals surface area contributed by atoms with Crippen LogP contribution in [-0.4, -0.2) is 72.0 Å². The number of aromatic nitrogens is 2. The minimum Gasteiger partial charge on any atom is -0.464 e. The molecule has 0 saturated carbocycles. The lowest BCUT2D eigenvalue weighted by atomic mass is 10.0. The molecule has 1 aliphatic rings. The molecule has 0 radical (unpaired) electrons. The molecule has 12 heteroatoms. The Balaban J connectivity index is 1.28. The normalized spacial score (nSPS) is 14.6. The number of anilines is 2. The first-order valence-corrected chi connectivity index (χ1v) is 13.8. The first-order chi connectivity index (χ1) is 20.5. The van der Waals surface area contributed by atoms with Crippen LogP contribution in [0.2, 0.25) is 0 Å². The van der Waals surface area contributed by atoms with Crippen molar-refractivity contribution in [2.24, 2.45) is 0 Å². The van der Waals surface area contributed by atoms with Crippen molar-refractivity contribution < 1.29 is 27.5 Å². The second-order valence-corrected chi connectivity index (χ2v) is 10.7. The third-order valence-corrected chi connectivity index (χ3v) is 7.59. The van der Waals surface area contributed by atoms with Gasteiger partial charge < -0.3 is 25.3 Å². The Morgan fingerprint density at radius 2 is 1.81 bits per heavy atom. The van der Waals surface area contributed by atoms with E-state index in [1.165, 1.54) is 19.2 Å². The molecule has 43 heavy (non-hydrogen) atoms. The summed E-state index contributed by atoms with van der Waals surface area (Å²) < 4.78 is 46.8. The van der Waals surface area contributed by atoms with E-state index in [2.05, 4.69) is 25.5 Å². The molecule has 0 aliphatic carbocycles. The predicted molar refractivity (Wildman–Crippen MR) is 158 cm³/mol. The van der Waals surface area contributed by atoms with Crippen molar-refractivity contribution in [1.29, 1.82) is 0 Å². The van der Waals surface area contributed by atoms with E-state index in [0.717, 1.165) is 35.7 Å². The highest BCUT2D eigenvalue weighted by Crippen LogP contribution is 2.34. The van der Waals surface area contributed by atoms with E-state index in [9.17, 15) is 22.8 Å². The third kappa shape index (κ3) is 7.15. The van der Waals surface area contributed by atoms with Crippen LogP contribution >= 0.6 is 0 Å². The van der Waals surface area contributed by atoms with Crippen molar-refractivity contribution in [3.8, 4) is 0 Å². The lowest BCUT2D eigenvalue weighted by molar-refractivity contribution is -0.138. The van der Waals surface area contributed by atoms with Gasteiger partial charge in [0.25, 0.3) is 5.91 Å². The summed E-state index contributed by atoms with van der Waals surface area (Å²) in [5.74, 6) is -1.11. The van der Waals surface area contributed by atoms with Crippen molar-refractivity contribution in [3.63, 3.8) is 0 Å². The number of nitrogens with zero attached hydrogens (tertiary/aromatic N) is 3. The van der Waals surface area contributed by atoms with E-state index >= 15 is 0 Å². The molecule has 1 aliphatic heterocycles. The Morgan fingerprint density at radius 3 is 2.53 bits per heavy atom. The number of halogens is 3.